The monoisotopic (exact) mass is 506 g/mol. The number of benzene rings is 2. The van der Waals surface area contributed by atoms with Crippen LogP contribution < -0.4 is 10.6 Å². The van der Waals surface area contributed by atoms with E-state index in [0.29, 0.717) is 18.2 Å². The third-order valence-electron chi connectivity index (χ3n) is 4.70. The summed E-state index contributed by atoms with van der Waals surface area (Å²) in [7, 11) is 0. The number of amides is 1. The minimum absolute atomic E-state index is 0.202. The summed E-state index contributed by atoms with van der Waals surface area (Å²) in [4.78, 5) is 13.4. The van der Waals surface area contributed by atoms with Gasteiger partial charge in [-0.15, -0.1) is 11.8 Å². The second kappa shape index (κ2) is 25.1. The van der Waals surface area contributed by atoms with Gasteiger partial charge < -0.3 is 20.5 Å². The molecule has 35 heavy (non-hydrogen) atoms. The molecule has 0 radical (unpaired) electrons. The molecule has 0 bridgehead atoms. The van der Waals surface area contributed by atoms with Crippen LogP contribution in [-0.4, -0.2) is 42.2 Å². The molecule has 0 saturated heterocycles. The van der Waals surface area contributed by atoms with Crippen LogP contribution in [-0.2, 0) is 11.3 Å². The number of hydrogen-bond donors (Lipinski definition) is 3. The summed E-state index contributed by atoms with van der Waals surface area (Å²) in [5.74, 6) is 1.10. The molecular weight excluding hydrogens is 456 g/mol. The molecule has 3 N–H and O–H groups in total. The number of carbonyl (C=O) groups is 1. The Bertz CT molecular complexity index is 702. The summed E-state index contributed by atoms with van der Waals surface area (Å²) >= 11 is 1.60. The number of alkyl carbamates (subject to hydrolysis) is 1. The Balaban J connectivity index is 0. The molecule has 2 aromatic carbocycles. The van der Waals surface area contributed by atoms with Crippen LogP contribution in [0.25, 0.3) is 0 Å². The molecule has 0 heterocycles. The summed E-state index contributed by atoms with van der Waals surface area (Å²) < 4.78 is 5.33. The normalized spacial score (nSPS) is 12.1. The van der Waals surface area contributed by atoms with E-state index in [1.807, 2.05) is 102 Å². The highest BCUT2D eigenvalue weighted by Crippen LogP contribution is 2.19. The fourth-order valence-corrected chi connectivity index (χ4v) is 3.66. The minimum Gasteiger partial charge on any atom is -0.445 e. The molecule has 3 atom stereocenters. The van der Waals surface area contributed by atoms with Crippen LogP contribution in [0, 0.1) is 5.92 Å². The summed E-state index contributed by atoms with van der Waals surface area (Å²) in [6, 6.07) is 19.1. The number of aliphatic hydroxyl groups excluding tert-OH is 1. The maximum Gasteiger partial charge on any atom is 0.407 e. The maximum absolute atomic E-state index is 12.3. The van der Waals surface area contributed by atoms with Gasteiger partial charge in [0.15, 0.2) is 0 Å². The number of thioether (sulfide) groups is 1. The van der Waals surface area contributed by atoms with Gasteiger partial charge in [0.05, 0.1) is 12.1 Å². The highest BCUT2D eigenvalue weighted by molar-refractivity contribution is 7.99. The second-order valence-corrected chi connectivity index (χ2v) is 8.27. The lowest BCUT2D eigenvalue weighted by Gasteiger charge is -2.24. The summed E-state index contributed by atoms with van der Waals surface area (Å²) in [5, 5.41) is 16.8. The summed E-state index contributed by atoms with van der Waals surface area (Å²) in [6.07, 6.45) is -0.145. The lowest BCUT2D eigenvalue weighted by atomic mass is 10.1. The Morgan fingerprint density at radius 2 is 1.46 bits per heavy atom. The van der Waals surface area contributed by atoms with Gasteiger partial charge in [-0.05, 0) is 30.2 Å². The van der Waals surface area contributed by atoms with E-state index in [1.165, 1.54) is 0 Å². The van der Waals surface area contributed by atoms with E-state index in [2.05, 4.69) is 24.5 Å². The molecule has 0 fully saturated rings. The largest absolute Gasteiger partial charge is 0.445 e. The van der Waals surface area contributed by atoms with Gasteiger partial charge >= 0.3 is 6.09 Å². The van der Waals surface area contributed by atoms with Crippen molar-refractivity contribution in [2.45, 2.75) is 85.5 Å². The van der Waals surface area contributed by atoms with Crippen LogP contribution in [0.15, 0.2) is 65.6 Å². The molecular formula is C29H50N2O3S. The molecule has 0 aliphatic carbocycles. The molecule has 6 heteroatoms. The van der Waals surface area contributed by atoms with Crippen molar-refractivity contribution in [2.24, 2.45) is 5.92 Å². The Labute approximate surface area is 219 Å². The Hall–Kier alpha value is -2.02. The van der Waals surface area contributed by atoms with Gasteiger partial charge in [-0.2, -0.15) is 0 Å². The number of aliphatic hydroxyl groups is 1. The molecule has 0 saturated carbocycles. The maximum atomic E-state index is 12.3. The Morgan fingerprint density at radius 1 is 0.914 bits per heavy atom. The van der Waals surface area contributed by atoms with Gasteiger partial charge in [0.25, 0.3) is 0 Å². The zero-order valence-corrected chi connectivity index (χ0v) is 24.0. The average molecular weight is 507 g/mol. The van der Waals surface area contributed by atoms with Crippen molar-refractivity contribution in [3.05, 3.63) is 66.2 Å². The van der Waals surface area contributed by atoms with Crippen molar-refractivity contribution in [3.8, 4) is 0 Å². The first kappa shape index (κ1) is 35.1. The number of nitrogens with one attached hydrogen (secondary N) is 2. The van der Waals surface area contributed by atoms with Gasteiger partial charge in [-0.3, -0.25) is 0 Å². The van der Waals surface area contributed by atoms with Crippen LogP contribution in [0.2, 0.25) is 0 Å². The smallest absolute Gasteiger partial charge is 0.407 e. The zero-order chi connectivity index (χ0) is 26.9. The van der Waals surface area contributed by atoms with Gasteiger partial charge in [-0.25, -0.2) is 4.79 Å². The van der Waals surface area contributed by atoms with Gasteiger partial charge in [0.1, 0.15) is 6.61 Å². The number of carbonyl (C=O) groups excluding carboxylic acids is 1. The van der Waals surface area contributed by atoms with Crippen molar-refractivity contribution >= 4 is 17.9 Å². The second-order valence-electron chi connectivity index (χ2n) is 7.18. The molecule has 0 spiro atoms. The highest BCUT2D eigenvalue weighted by atomic mass is 32.2. The topological polar surface area (TPSA) is 70.6 Å². The zero-order valence-electron chi connectivity index (χ0n) is 23.2. The summed E-state index contributed by atoms with van der Waals surface area (Å²) in [5.41, 5.74) is 0.925. The molecule has 5 nitrogen and oxygen atoms in total. The Kier molecular flexibility index (Phi) is 25.2. The van der Waals surface area contributed by atoms with E-state index in [9.17, 15) is 9.90 Å². The predicted octanol–water partition coefficient (Wildman–Crippen LogP) is 7.15. The standard InChI is InChI=1S/C23H32N2O3S.3C2H6/c1-3-18(2)14-24-15-22(26)21(17-29-20-12-8-5-9-13-20)25-23(27)28-16-19-10-6-4-7-11-19;3*1-2/h4-13,18,21-22,24,26H,3,14-17H2,1-2H3,(H,25,27);3*1-2H3. The lowest BCUT2D eigenvalue weighted by molar-refractivity contribution is 0.106. The van der Waals surface area contributed by atoms with Crippen molar-refractivity contribution in [1.82, 2.24) is 10.6 Å². The van der Waals surface area contributed by atoms with E-state index in [-0.39, 0.29) is 6.61 Å². The molecule has 0 aliphatic rings. The number of rotatable bonds is 12. The van der Waals surface area contributed by atoms with E-state index in [0.717, 1.165) is 23.4 Å². The summed E-state index contributed by atoms with van der Waals surface area (Å²) in [6.45, 7) is 17.8. The van der Waals surface area contributed by atoms with Crippen LogP contribution in [0.1, 0.15) is 67.4 Å². The first-order valence-corrected chi connectivity index (χ1v) is 14.1. The quantitative estimate of drug-likeness (QED) is 0.267. The molecule has 0 aromatic heterocycles. The van der Waals surface area contributed by atoms with Gasteiger partial charge in [0.2, 0.25) is 0 Å². The van der Waals surface area contributed by atoms with Crippen molar-refractivity contribution < 1.29 is 14.6 Å². The molecule has 3 unspecified atom stereocenters. The minimum atomic E-state index is -0.709. The average Bonchev–Trinajstić information content (AvgIpc) is 2.94. The Morgan fingerprint density at radius 3 is 2.00 bits per heavy atom. The van der Waals surface area contributed by atoms with E-state index in [1.54, 1.807) is 11.8 Å². The van der Waals surface area contributed by atoms with Gasteiger partial charge in [-0.1, -0.05) is 110 Å². The molecule has 2 rings (SSSR count). The molecule has 1 amide bonds. The lowest BCUT2D eigenvalue weighted by Crippen LogP contribution is -2.49. The van der Waals surface area contributed by atoms with Crippen LogP contribution in [0.4, 0.5) is 4.79 Å². The van der Waals surface area contributed by atoms with Crippen molar-refractivity contribution in [1.29, 1.82) is 0 Å². The van der Waals surface area contributed by atoms with E-state index < -0.39 is 18.2 Å². The third kappa shape index (κ3) is 18.0. The molecule has 0 aliphatic heterocycles. The third-order valence-corrected chi connectivity index (χ3v) is 5.83. The van der Waals surface area contributed by atoms with Crippen molar-refractivity contribution in [2.75, 3.05) is 18.8 Å². The van der Waals surface area contributed by atoms with Gasteiger partial charge in [0, 0.05) is 17.2 Å². The van der Waals surface area contributed by atoms with Crippen LogP contribution in [0.3, 0.4) is 0 Å². The highest BCUT2D eigenvalue weighted by Gasteiger charge is 2.22. The predicted molar refractivity (Wildman–Crippen MR) is 153 cm³/mol. The number of hydrogen-bond acceptors (Lipinski definition) is 5. The fourth-order valence-electron chi connectivity index (χ4n) is 2.63. The van der Waals surface area contributed by atoms with Crippen molar-refractivity contribution in [3.63, 3.8) is 0 Å². The first-order chi connectivity index (χ1) is 17.1. The molecule has 200 valence electrons. The van der Waals surface area contributed by atoms with Crippen LogP contribution >= 0.6 is 11.8 Å². The fraction of sp³-hybridized carbons (Fsp3) is 0.552. The number of ether oxygens (including phenoxy) is 1. The molecule has 2 aromatic rings. The van der Waals surface area contributed by atoms with E-state index >= 15 is 0 Å². The van der Waals surface area contributed by atoms with E-state index in [4.69, 9.17) is 4.74 Å². The first-order valence-electron chi connectivity index (χ1n) is 13.1. The SMILES string of the molecule is CC.CC.CC.CCC(C)CNCC(O)C(CSc1ccccc1)NC(=O)OCc1ccccc1. The van der Waals surface area contributed by atoms with Crippen LogP contribution in [0.5, 0.6) is 0 Å².